The number of carbonyl (C=O) groups is 2. The fraction of sp³-hybridized carbons (Fsp3) is 0. The first kappa shape index (κ1) is 17.6. The molecule has 132 valence electrons. The molecule has 8 heteroatoms. The van der Waals surface area contributed by atoms with E-state index in [9.17, 15) is 32.8 Å². The second-order valence-corrected chi connectivity index (χ2v) is 6.87. The zero-order valence-electron chi connectivity index (χ0n) is 13.1. The van der Waals surface area contributed by atoms with Gasteiger partial charge in [0.05, 0.1) is 11.1 Å². The Hall–Kier alpha value is -3.23. The van der Waals surface area contributed by atoms with Crippen LogP contribution >= 0.6 is 0 Å². The molecule has 0 unspecified atom stereocenters. The number of rotatable bonds is 4. The van der Waals surface area contributed by atoms with Gasteiger partial charge in [0.1, 0.15) is 4.90 Å². The van der Waals surface area contributed by atoms with E-state index in [1.165, 1.54) is 0 Å². The van der Waals surface area contributed by atoms with Crippen LogP contribution in [0.5, 0.6) is 0 Å². The van der Waals surface area contributed by atoms with Crippen molar-refractivity contribution in [2.45, 2.75) is 4.90 Å². The lowest BCUT2D eigenvalue weighted by atomic mass is 9.95. The molecule has 0 fully saturated rings. The fourth-order valence-corrected chi connectivity index (χ4v) is 3.71. The number of aromatic carboxylic acids is 2. The number of carboxylic acids is 2. The molecule has 0 aromatic heterocycles. The maximum atomic E-state index is 11.6. The van der Waals surface area contributed by atoms with Crippen LogP contribution in [-0.4, -0.2) is 35.1 Å². The topological polar surface area (TPSA) is 129 Å². The van der Waals surface area contributed by atoms with Gasteiger partial charge in [-0.25, -0.2) is 9.59 Å². The lowest BCUT2D eigenvalue weighted by molar-refractivity contribution is 0.0688. The Balaban J connectivity index is 2.44. The number of fused-ring (bicyclic) bond motifs is 1. The van der Waals surface area contributed by atoms with Gasteiger partial charge < -0.3 is 10.2 Å². The zero-order valence-corrected chi connectivity index (χ0v) is 13.9. The summed E-state index contributed by atoms with van der Waals surface area (Å²) in [5.41, 5.74) is -0.871. The van der Waals surface area contributed by atoms with Gasteiger partial charge in [0.2, 0.25) is 0 Å². The van der Waals surface area contributed by atoms with Crippen LogP contribution < -0.4 is 0 Å². The molecule has 0 radical (unpaired) electrons. The van der Waals surface area contributed by atoms with E-state index in [-0.39, 0.29) is 5.56 Å². The third kappa shape index (κ3) is 3.03. The lowest BCUT2D eigenvalue weighted by Crippen LogP contribution is -2.15. The summed E-state index contributed by atoms with van der Waals surface area (Å²) in [4.78, 5) is 21.9. The Bertz CT molecular complexity index is 1120. The van der Waals surface area contributed by atoms with Crippen molar-refractivity contribution >= 4 is 32.8 Å². The highest BCUT2D eigenvalue weighted by Gasteiger charge is 2.29. The van der Waals surface area contributed by atoms with Crippen LogP contribution in [-0.2, 0) is 10.1 Å². The van der Waals surface area contributed by atoms with Gasteiger partial charge in [-0.15, -0.1) is 0 Å². The number of benzene rings is 3. The van der Waals surface area contributed by atoms with Crippen molar-refractivity contribution in [3.8, 4) is 11.1 Å². The molecule has 3 rings (SSSR count). The molecule has 3 aromatic carbocycles. The molecule has 3 N–H and O–H groups in total. The summed E-state index contributed by atoms with van der Waals surface area (Å²) in [6, 6.07) is 14.5. The molecular weight excluding hydrogens is 360 g/mol. The fourth-order valence-electron chi connectivity index (χ4n) is 2.86. The molecule has 0 saturated carbocycles. The summed E-state index contributed by atoms with van der Waals surface area (Å²) < 4.78 is 32.5. The van der Waals surface area contributed by atoms with Gasteiger partial charge in [-0.1, -0.05) is 42.5 Å². The Labute approximate surface area is 147 Å². The van der Waals surface area contributed by atoms with Crippen molar-refractivity contribution in [3.05, 3.63) is 65.7 Å². The second kappa shape index (κ2) is 6.25. The average molecular weight is 372 g/mol. The maximum Gasteiger partial charge on any atom is 0.337 e. The van der Waals surface area contributed by atoms with E-state index in [0.717, 1.165) is 22.9 Å². The second-order valence-electron chi connectivity index (χ2n) is 5.51. The van der Waals surface area contributed by atoms with Crippen LogP contribution in [0.4, 0.5) is 0 Å². The summed E-state index contributed by atoms with van der Waals surface area (Å²) in [7, 11) is -5.06. The van der Waals surface area contributed by atoms with E-state index in [0.29, 0.717) is 5.56 Å². The van der Waals surface area contributed by atoms with Crippen LogP contribution in [0.2, 0.25) is 0 Å². The van der Waals surface area contributed by atoms with E-state index in [1.807, 2.05) is 18.2 Å². The van der Waals surface area contributed by atoms with Gasteiger partial charge in [-0.2, -0.15) is 8.42 Å². The molecule has 0 aliphatic heterocycles. The summed E-state index contributed by atoms with van der Waals surface area (Å²) in [6.45, 7) is 0. The smallest absolute Gasteiger partial charge is 0.337 e. The highest BCUT2D eigenvalue weighted by atomic mass is 32.2. The van der Waals surface area contributed by atoms with E-state index in [1.54, 1.807) is 24.3 Å². The molecule has 3 aromatic rings. The van der Waals surface area contributed by atoms with Crippen LogP contribution in [0.1, 0.15) is 20.7 Å². The Morgan fingerprint density at radius 3 is 1.88 bits per heavy atom. The number of hydrogen-bond donors (Lipinski definition) is 3. The zero-order chi connectivity index (χ0) is 19.1. The van der Waals surface area contributed by atoms with E-state index in [2.05, 4.69) is 0 Å². The Kier molecular flexibility index (Phi) is 4.23. The standard InChI is InChI=1S/C18H12O7S/c19-17(20)14-8-11(9-15(18(21)22)16(14)26(23,24)25)13-7-3-5-10-4-1-2-6-12(10)13/h1-9H,(H,19,20)(H,21,22)(H,23,24,25). The molecule has 0 heterocycles. The van der Waals surface area contributed by atoms with Gasteiger partial charge in [-0.3, -0.25) is 4.55 Å². The quantitative estimate of drug-likeness (QED) is 0.600. The highest BCUT2D eigenvalue weighted by Crippen LogP contribution is 2.33. The van der Waals surface area contributed by atoms with Crippen molar-refractivity contribution in [1.82, 2.24) is 0 Å². The van der Waals surface area contributed by atoms with Crippen LogP contribution in [0.25, 0.3) is 21.9 Å². The predicted molar refractivity (Wildman–Crippen MR) is 93.1 cm³/mol. The van der Waals surface area contributed by atoms with Crippen LogP contribution in [0, 0.1) is 0 Å². The normalized spacial score (nSPS) is 11.4. The third-order valence-corrected chi connectivity index (χ3v) is 4.86. The summed E-state index contributed by atoms with van der Waals surface area (Å²) >= 11 is 0. The SMILES string of the molecule is O=C(O)c1cc(-c2cccc3ccccc23)cc(C(=O)O)c1S(=O)(=O)O. The monoisotopic (exact) mass is 372 g/mol. The molecule has 0 bridgehead atoms. The van der Waals surface area contributed by atoms with Gasteiger partial charge in [0.25, 0.3) is 10.1 Å². The van der Waals surface area contributed by atoms with E-state index >= 15 is 0 Å². The van der Waals surface area contributed by atoms with Crippen molar-refractivity contribution < 1.29 is 32.8 Å². The number of hydrogen-bond acceptors (Lipinski definition) is 4. The van der Waals surface area contributed by atoms with Crippen molar-refractivity contribution in [1.29, 1.82) is 0 Å². The Morgan fingerprint density at radius 2 is 1.35 bits per heavy atom. The van der Waals surface area contributed by atoms with E-state index < -0.39 is 38.1 Å². The lowest BCUT2D eigenvalue weighted by Gasteiger charge is -2.12. The first-order valence-electron chi connectivity index (χ1n) is 7.30. The average Bonchev–Trinajstić information content (AvgIpc) is 2.59. The summed E-state index contributed by atoms with van der Waals surface area (Å²) in [5.74, 6) is -3.33. The molecular formula is C18H12O7S. The molecule has 0 saturated heterocycles. The predicted octanol–water partition coefficient (Wildman–Crippen LogP) is 3.15. The molecule has 0 amide bonds. The first-order chi connectivity index (χ1) is 12.2. The van der Waals surface area contributed by atoms with Gasteiger partial charge in [0.15, 0.2) is 0 Å². The molecule has 7 nitrogen and oxygen atoms in total. The largest absolute Gasteiger partial charge is 0.478 e. The van der Waals surface area contributed by atoms with Crippen LogP contribution in [0.3, 0.4) is 0 Å². The van der Waals surface area contributed by atoms with Gasteiger partial charge >= 0.3 is 11.9 Å². The van der Waals surface area contributed by atoms with Gasteiger partial charge in [0, 0.05) is 0 Å². The maximum absolute atomic E-state index is 11.6. The molecule has 26 heavy (non-hydrogen) atoms. The number of carboxylic acid groups (broad SMARTS) is 2. The third-order valence-electron chi connectivity index (χ3n) is 3.91. The molecule has 0 aliphatic carbocycles. The minimum absolute atomic E-state index is 0.212. The van der Waals surface area contributed by atoms with Crippen molar-refractivity contribution in [3.63, 3.8) is 0 Å². The van der Waals surface area contributed by atoms with Gasteiger partial charge in [-0.05, 0) is 34.0 Å². The molecule has 0 atom stereocenters. The molecule has 0 spiro atoms. The van der Waals surface area contributed by atoms with Crippen LogP contribution in [0.15, 0.2) is 59.5 Å². The Morgan fingerprint density at radius 1 is 0.808 bits per heavy atom. The summed E-state index contributed by atoms with van der Waals surface area (Å²) in [5, 5.41) is 20.3. The highest BCUT2D eigenvalue weighted by molar-refractivity contribution is 7.86. The van der Waals surface area contributed by atoms with E-state index in [4.69, 9.17) is 0 Å². The molecule has 0 aliphatic rings. The van der Waals surface area contributed by atoms with Crippen molar-refractivity contribution in [2.75, 3.05) is 0 Å². The summed E-state index contributed by atoms with van der Waals surface area (Å²) in [6.07, 6.45) is 0. The first-order valence-corrected chi connectivity index (χ1v) is 8.74. The minimum atomic E-state index is -5.06. The van der Waals surface area contributed by atoms with Crippen molar-refractivity contribution in [2.24, 2.45) is 0 Å². The minimum Gasteiger partial charge on any atom is -0.478 e.